The Bertz CT molecular complexity index is 892. The Labute approximate surface area is 131 Å². The predicted octanol–water partition coefficient (Wildman–Crippen LogP) is 4.44. The molecule has 0 aliphatic rings. The van der Waals surface area contributed by atoms with Crippen LogP contribution in [0.3, 0.4) is 0 Å². The molecule has 0 saturated carbocycles. The van der Waals surface area contributed by atoms with Gasteiger partial charge in [0.25, 0.3) is 0 Å². The van der Waals surface area contributed by atoms with E-state index in [1.54, 1.807) is 34.4 Å². The molecule has 0 aliphatic heterocycles. The fourth-order valence-corrected chi connectivity index (χ4v) is 4.41. The maximum absolute atomic E-state index is 6.00. The first-order valence-corrected chi connectivity index (χ1v) is 8.93. The second kappa shape index (κ2) is 4.70. The van der Waals surface area contributed by atoms with E-state index in [0.717, 1.165) is 35.2 Å². The number of fused-ring (bicyclic) bond motifs is 2. The Morgan fingerprint density at radius 3 is 2.95 bits per heavy atom. The number of benzene rings is 1. The van der Waals surface area contributed by atoms with Gasteiger partial charge in [-0.25, -0.2) is 14.5 Å². The Morgan fingerprint density at radius 1 is 1.25 bits per heavy atom. The molecule has 4 nitrogen and oxygen atoms in total. The van der Waals surface area contributed by atoms with Crippen LogP contribution in [-0.2, 0) is 0 Å². The third-order valence-electron chi connectivity index (χ3n) is 2.77. The Morgan fingerprint density at radius 2 is 2.15 bits per heavy atom. The van der Waals surface area contributed by atoms with Crippen molar-refractivity contribution in [3.63, 3.8) is 0 Å². The molecule has 4 rings (SSSR count). The lowest BCUT2D eigenvalue weighted by molar-refractivity contribution is 0.916. The van der Waals surface area contributed by atoms with E-state index in [9.17, 15) is 0 Å². The molecule has 0 spiro atoms. The summed E-state index contributed by atoms with van der Waals surface area (Å²) in [5.74, 6) is 0. The van der Waals surface area contributed by atoms with Gasteiger partial charge in [-0.3, -0.25) is 0 Å². The van der Waals surface area contributed by atoms with Crippen LogP contribution in [0.1, 0.15) is 0 Å². The van der Waals surface area contributed by atoms with Gasteiger partial charge in [-0.05, 0) is 24.5 Å². The van der Waals surface area contributed by atoms with Gasteiger partial charge >= 0.3 is 0 Å². The second-order valence-electron chi connectivity index (χ2n) is 4.06. The zero-order valence-corrected chi connectivity index (χ0v) is 13.4. The van der Waals surface area contributed by atoms with Crippen LogP contribution in [0.5, 0.6) is 0 Å². The standard InChI is InChI=1S/C12H7ClN4S3/c1-18-12-16-17-5-8(15-11(17)20-12)10-14-7-3-2-6(13)4-9(7)19-10/h2-5H,1H3. The third kappa shape index (κ3) is 2.01. The Kier molecular flexibility index (Phi) is 2.95. The molecule has 8 heteroatoms. The molecule has 0 unspecified atom stereocenters. The topological polar surface area (TPSA) is 43.1 Å². The second-order valence-corrected chi connectivity index (χ2v) is 7.53. The number of rotatable bonds is 2. The van der Waals surface area contributed by atoms with E-state index < -0.39 is 0 Å². The number of thiazole rings is 1. The summed E-state index contributed by atoms with van der Waals surface area (Å²) in [5, 5.41) is 6.06. The number of nitrogens with zero attached hydrogens (tertiary/aromatic N) is 4. The highest BCUT2D eigenvalue weighted by atomic mass is 35.5. The van der Waals surface area contributed by atoms with Gasteiger partial charge in [-0.15, -0.1) is 16.4 Å². The van der Waals surface area contributed by atoms with Crippen LogP contribution in [0.2, 0.25) is 5.02 Å². The van der Waals surface area contributed by atoms with Gasteiger partial charge in [0.05, 0.1) is 16.4 Å². The van der Waals surface area contributed by atoms with Crippen molar-refractivity contribution in [3.8, 4) is 10.7 Å². The number of hydrogen-bond acceptors (Lipinski definition) is 6. The number of hydrogen-bond donors (Lipinski definition) is 0. The molecule has 3 aromatic heterocycles. The van der Waals surface area contributed by atoms with Gasteiger partial charge in [-0.1, -0.05) is 34.7 Å². The first kappa shape index (κ1) is 12.6. The Hall–Kier alpha value is -1.15. The number of aromatic nitrogens is 4. The molecule has 0 radical (unpaired) electrons. The van der Waals surface area contributed by atoms with E-state index in [0.29, 0.717) is 0 Å². The van der Waals surface area contributed by atoms with E-state index in [4.69, 9.17) is 11.6 Å². The average molecular weight is 339 g/mol. The summed E-state index contributed by atoms with van der Waals surface area (Å²) in [6, 6.07) is 5.71. The molecular weight excluding hydrogens is 332 g/mol. The summed E-state index contributed by atoms with van der Waals surface area (Å²) < 4.78 is 3.89. The largest absolute Gasteiger partial charge is 0.234 e. The van der Waals surface area contributed by atoms with Gasteiger partial charge in [0.1, 0.15) is 10.7 Å². The molecule has 0 saturated heterocycles. The molecule has 0 fully saturated rings. The summed E-state index contributed by atoms with van der Waals surface area (Å²) >= 11 is 10.8. The molecular formula is C12H7ClN4S3. The smallest absolute Gasteiger partial charge is 0.213 e. The fraction of sp³-hybridized carbons (Fsp3) is 0.0833. The molecule has 0 bridgehead atoms. The van der Waals surface area contributed by atoms with Crippen molar-refractivity contribution in [1.82, 2.24) is 19.6 Å². The van der Waals surface area contributed by atoms with Crippen molar-refractivity contribution >= 4 is 61.2 Å². The molecule has 0 atom stereocenters. The maximum Gasteiger partial charge on any atom is 0.213 e. The minimum absolute atomic E-state index is 0.727. The molecule has 0 aliphatic carbocycles. The van der Waals surface area contributed by atoms with Crippen molar-refractivity contribution in [2.45, 2.75) is 4.34 Å². The summed E-state index contributed by atoms with van der Waals surface area (Å²) in [6.45, 7) is 0. The SMILES string of the molecule is CSc1nn2cc(-c3nc4ccc(Cl)cc4s3)nc2s1. The minimum Gasteiger partial charge on any atom is -0.234 e. The maximum atomic E-state index is 6.00. The lowest BCUT2D eigenvalue weighted by atomic mass is 10.3. The molecule has 100 valence electrons. The lowest BCUT2D eigenvalue weighted by Gasteiger charge is -1.86. The van der Waals surface area contributed by atoms with Crippen LogP contribution in [0.15, 0.2) is 28.7 Å². The van der Waals surface area contributed by atoms with Crippen LogP contribution in [-0.4, -0.2) is 25.8 Å². The highest BCUT2D eigenvalue weighted by Crippen LogP contribution is 2.32. The number of halogens is 1. The highest BCUT2D eigenvalue weighted by molar-refractivity contribution is 8.00. The van der Waals surface area contributed by atoms with E-state index >= 15 is 0 Å². The summed E-state index contributed by atoms with van der Waals surface area (Å²) in [7, 11) is 0. The minimum atomic E-state index is 0.727. The van der Waals surface area contributed by atoms with E-state index in [2.05, 4.69) is 15.1 Å². The zero-order valence-electron chi connectivity index (χ0n) is 10.2. The summed E-state index contributed by atoms with van der Waals surface area (Å²) in [4.78, 5) is 10.1. The van der Waals surface area contributed by atoms with Crippen molar-refractivity contribution in [1.29, 1.82) is 0 Å². The molecule has 1 aromatic carbocycles. The van der Waals surface area contributed by atoms with Crippen LogP contribution < -0.4 is 0 Å². The highest BCUT2D eigenvalue weighted by Gasteiger charge is 2.13. The van der Waals surface area contributed by atoms with Crippen molar-refractivity contribution < 1.29 is 0 Å². The summed E-state index contributed by atoms with van der Waals surface area (Å²) in [6.07, 6.45) is 3.93. The fourth-order valence-electron chi connectivity index (χ4n) is 1.88. The van der Waals surface area contributed by atoms with Gasteiger partial charge in [-0.2, -0.15) is 0 Å². The normalized spacial score (nSPS) is 11.7. The van der Waals surface area contributed by atoms with E-state index in [-0.39, 0.29) is 0 Å². The van der Waals surface area contributed by atoms with Crippen LogP contribution in [0.4, 0.5) is 0 Å². The Balaban J connectivity index is 1.84. The first-order chi connectivity index (χ1) is 9.72. The van der Waals surface area contributed by atoms with E-state index in [1.165, 1.54) is 0 Å². The zero-order chi connectivity index (χ0) is 13.7. The van der Waals surface area contributed by atoms with Crippen LogP contribution >= 0.6 is 46.0 Å². The van der Waals surface area contributed by atoms with Crippen molar-refractivity contribution in [2.24, 2.45) is 0 Å². The van der Waals surface area contributed by atoms with Crippen LogP contribution in [0.25, 0.3) is 25.9 Å². The van der Waals surface area contributed by atoms with Gasteiger partial charge in [0.15, 0.2) is 4.34 Å². The van der Waals surface area contributed by atoms with Crippen molar-refractivity contribution in [2.75, 3.05) is 6.26 Å². The molecule has 0 N–H and O–H groups in total. The van der Waals surface area contributed by atoms with Gasteiger partial charge < -0.3 is 0 Å². The average Bonchev–Trinajstić information content (AvgIpc) is 3.08. The first-order valence-electron chi connectivity index (χ1n) is 5.69. The van der Waals surface area contributed by atoms with E-state index in [1.807, 2.05) is 35.2 Å². The monoisotopic (exact) mass is 338 g/mol. The molecule has 20 heavy (non-hydrogen) atoms. The van der Waals surface area contributed by atoms with Gasteiger partial charge in [0.2, 0.25) is 4.96 Å². The lowest BCUT2D eigenvalue weighted by Crippen LogP contribution is -1.79. The number of thioether (sulfide) groups is 1. The predicted molar refractivity (Wildman–Crippen MR) is 86.3 cm³/mol. The van der Waals surface area contributed by atoms with Crippen molar-refractivity contribution in [3.05, 3.63) is 29.4 Å². The third-order valence-corrected chi connectivity index (χ3v) is 5.94. The molecule has 3 heterocycles. The van der Waals surface area contributed by atoms with Crippen LogP contribution in [0, 0.1) is 0 Å². The molecule has 4 aromatic rings. The molecule has 0 amide bonds. The quantitative estimate of drug-likeness (QED) is 0.507. The summed E-state index contributed by atoms with van der Waals surface area (Å²) in [5.41, 5.74) is 1.80. The van der Waals surface area contributed by atoms with Gasteiger partial charge in [0, 0.05) is 5.02 Å². The number of imidazole rings is 1.